The van der Waals surface area contributed by atoms with Gasteiger partial charge in [0.05, 0.1) is 19.3 Å². The van der Waals surface area contributed by atoms with E-state index in [-0.39, 0.29) is 12.0 Å². The first-order valence-electron chi connectivity index (χ1n) is 9.05. The Balaban J connectivity index is 1.62. The van der Waals surface area contributed by atoms with Gasteiger partial charge in [-0.05, 0) is 30.2 Å². The second-order valence-corrected chi connectivity index (χ2v) is 7.04. The lowest BCUT2D eigenvalue weighted by Crippen LogP contribution is -2.20. The Bertz CT molecular complexity index is 861. The number of hydrogen-bond acceptors (Lipinski definition) is 5. The van der Waals surface area contributed by atoms with Gasteiger partial charge in [-0.25, -0.2) is 15.0 Å². The zero-order chi connectivity index (χ0) is 17.9. The maximum Gasteiger partial charge on any atom is 0.159 e. The molecule has 1 aliphatic heterocycles. The first-order valence-corrected chi connectivity index (χ1v) is 9.05. The fourth-order valence-electron chi connectivity index (χ4n) is 3.47. The monoisotopic (exact) mass is 349 g/mol. The average molecular weight is 349 g/mol. The van der Waals surface area contributed by atoms with Crippen LogP contribution < -0.4 is 0 Å². The number of rotatable bonds is 5. The second kappa shape index (κ2) is 7.33. The van der Waals surface area contributed by atoms with Crippen molar-refractivity contribution in [2.75, 3.05) is 13.2 Å². The third-order valence-electron chi connectivity index (χ3n) is 4.86. The van der Waals surface area contributed by atoms with Gasteiger partial charge in [0.15, 0.2) is 5.82 Å². The van der Waals surface area contributed by atoms with Crippen LogP contribution in [0.25, 0.3) is 11.5 Å². The fraction of sp³-hybridized carbons (Fsp3) is 0.400. The smallest absolute Gasteiger partial charge is 0.159 e. The summed E-state index contributed by atoms with van der Waals surface area (Å²) in [7, 11) is 0. The van der Waals surface area contributed by atoms with E-state index in [0.717, 1.165) is 30.4 Å². The Morgan fingerprint density at radius 3 is 2.73 bits per heavy atom. The third-order valence-corrected chi connectivity index (χ3v) is 4.86. The highest BCUT2D eigenvalue weighted by Gasteiger charge is 2.31. The van der Waals surface area contributed by atoms with Gasteiger partial charge >= 0.3 is 0 Å². The van der Waals surface area contributed by atoms with Crippen LogP contribution in [-0.4, -0.2) is 37.7 Å². The molecule has 0 aliphatic carbocycles. The van der Waals surface area contributed by atoms with Crippen LogP contribution in [0.5, 0.6) is 0 Å². The SMILES string of the molecule is CC(C)c1nccc(-c2nccn2[C@@H]2COC[C@H]2Cc2ccncc2)n1. The number of ether oxygens (including phenoxy) is 1. The van der Waals surface area contributed by atoms with Crippen LogP contribution in [0, 0.1) is 5.92 Å². The van der Waals surface area contributed by atoms with Crippen LogP contribution in [0.2, 0.25) is 0 Å². The van der Waals surface area contributed by atoms with E-state index < -0.39 is 0 Å². The van der Waals surface area contributed by atoms with Crippen molar-refractivity contribution < 1.29 is 4.74 Å². The minimum Gasteiger partial charge on any atom is -0.379 e. The van der Waals surface area contributed by atoms with Gasteiger partial charge in [-0.1, -0.05) is 13.8 Å². The summed E-state index contributed by atoms with van der Waals surface area (Å²) in [4.78, 5) is 17.8. The molecule has 26 heavy (non-hydrogen) atoms. The van der Waals surface area contributed by atoms with Gasteiger partial charge in [0, 0.05) is 42.8 Å². The quantitative estimate of drug-likeness (QED) is 0.707. The van der Waals surface area contributed by atoms with Gasteiger partial charge in [0.1, 0.15) is 11.5 Å². The van der Waals surface area contributed by atoms with Crippen molar-refractivity contribution in [1.29, 1.82) is 0 Å². The summed E-state index contributed by atoms with van der Waals surface area (Å²) >= 11 is 0. The summed E-state index contributed by atoms with van der Waals surface area (Å²) in [6.07, 6.45) is 10.3. The molecule has 2 atom stereocenters. The largest absolute Gasteiger partial charge is 0.379 e. The van der Waals surface area contributed by atoms with Crippen molar-refractivity contribution in [3.05, 3.63) is 60.6 Å². The Kier molecular flexibility index (Phi) is 4.75. The van der Waals surface area contributed by atoms with Gasteiger partial charge in [-0.3, -0.25) is 4.98 Å². The van der Waals surface area contributed by atoms with E-state index in [9.17, 15) is 0 Å². The lowest BCUT2D eigenvalue weighted by Gasteiger charge is -2.21. The van der Waals surface area contributed by atoms with Crippen molar-refractivity contribution in [2.24, 2.45) is 5.92 Å². The van der Waals surface area contributed by atoms with Gasteiger partial charge in [0.2, 0.25) is 0 Å². The molecule has 4 rings (SSSR count). The topological polar surface area (TPSA) is 65.7 Å². The normalized spacial score (nSPS) is 20.0. The molecule has 0 radical (unpaired) electrons. The molecule has 1 aliphatic rings. The molecule has 1 saturated heterocycles. The minimum atomic E-state index is 0.248. The van der Waals surface area contributed by atoms with E-state index in [1.165, 1.54) is 5.56 Å². The highest BCUT2D eigenvalue weighted by molar-refractivity contribution is 5.49. The van der Waals surface area contributed by atoms with Crippen LogP contribution in [0.3, 0.4) is 0 Å². The van der Waals surface area contributed by atoms with Crippen LogP contribution in [0.15, 0.2) is 49.2 Å². The molecule has 6 nitrogen and oxygen atoms in total. The Labute approximate surface area is 153 Å². The van der Waals surface area contributed by atoms with E-state index in [0.29, 0.717) is 12.5 Å². The first-order chi connectivity index (χ1) is 12.7. The second-order valence-electron chi connectivity index (χ2n) is 7.04. The molecule has 0 spiro atoms. The van der Waals surface area contributed by atoms with Crippen molar-refractivity contribution in [1.82, 2.24) is 24.5 Å². The molecule has 134 valence electrons. The zero-order valence-corrected chi connectivity index (χ0v) is 15.1. The van der Waals surface area contributed by atoms with Crippen molar-refractivity contribution in [3.8, 4) is 11.5 Å². The molecule has 0 N–H and O–H groups in total. The Morgan fingerprint density at radius 1 is 1.08 bits per heavy atom. The lowest BCUT2D eigenvalue weighted by molar-refractivity contribution is 0.181. The summed E-state index contributed by atoms with van der Waals surface area (Å²) in [6, 6.07) is 6.32. The number of imidazole rings is 1. The number of nitrogens with zero attached hydrogens (tertiary/aromatic N) is 5. The maximum atomic E-state index is 5.82. The molecule has 3 aromatic heterocycles. The Hall–Kier alpha value is -2.60. The standard InChI is InChI=1S/C20H23N5O/c1-14(2)19-22-8-5-17(24-19)20-23-9-10-25(20)18-13-26-12-16(18)11-15-3-6-21-7-4-15/h3-10,14,16,18H,11-13H2,1-2H3/t16-,18-/m1/s1. The number of aromatic nitrogens is 5. The minimum absolute atomic E-state index is 0.248. The first kappa shape index (κ1) is 16.8. The molecular weight excluding hydrogens is 326 g/mol. The predicted octanol–water partition coefficient (Wildman–Crippen LogP) is 3.29. The Morgan fingerprint density at radius 2 is 1.92 bits per heavy atom. The molecule has 1 fully saturated rings. The average Bonchev–Trinajstić information content (AvgIpc) is 3.31. The van der Waals surface area contributed by atoms with Crippen molar-refractivity contribution >= 4 is 0 Å². The lowest BCUT2D eigenvalue weighted by atomic mass is 9.95. The van der Waals surface area contributed by atoms with Crippen LogP contribution in [0.4, 0.5) is 0 Å². The van der Waals surface area contributed by atoms with Crippen molar-refractivity contribution in [2.45, 2.75) is 32.2 Å². The highest BCUT2D eigenvalue weighted by Crippen LogP contribution is 2.32. The van der Waals surface area contributed by atoms with E-state index in [1.54, 1.807) is 0 Å². The molecule has 0 amide bonds. The number of hydrogen-bond donors (Lipinski definition) is 0. The number of pyridine rings is 1. The van der Waals surface area contributed by atoms with Crippen molar-refractivity contribution in [3.63, 3.8) is 0 Å². The van der Waals surface area contributed by atoms with Gasteiger partial charge in [0.25, 0.3) is 0 Å². The fourth-order valence-corrected chi connectivity index (χ4v) is 3.47. The highest BCUT2D eigenvalue weighted by atomic mass is 16.5. The molecule has 0 saturated carbocycles. The summed E-state index contributed by atoms with van der Waals surface area (Å²) < 4.78 is 8.04. The summed E-state index contributed by atoms with van der Waals surface area (Å²) in [5.74, 6) is 2.40. The van der Waals surface area contributed by atoms with E-state index >= 15 is 0 Å². The molecule has 6 heteroatoms. The summed E-state index contributed by atoms with van der Waals surface area (Å²) in [5, 5.41) is 0. The summed E-state index contributed by atoms with van der Waals surface area (Å²) in [5.41, 5.74) is 2.15. The summed E-state index contributed by atoms with van der Waals surface area (Å²) in [6.45, 7) is 5.65. The van der Waals surface area contributed by atoms with Crippen LogP contribution in [-0.2, 0) is 11.2 Å². The maximum absolute atomic E-state index is 5.82. The molecule has 0 bridgehead atoms. The van der Waals surface area contributed by atoms with E-state index in [4.69, 9.17) is 9.72 Å². The van der Waals surface area contributed by atoms with Gasteiger partial charge in [-0.15, -0.1) is 0 Å². The predicted molar refractivity (Wildman–Crippen MR) is 98.6 cm³/mol. The molecular formula is C20H23N5O. The van der Waals surface area contributed by atoms with Gasteiger partial charge in [-0.2, -0.15) is 0 Å². The van der Waals surface area contributed by atoms with Crippen LogP contribution in [0.1, 0.15) is 37.2 Å². The zero-order valence-electron chi connectivity index (χ0n) is 15.1. The molecule has 0 aromatic carbocycles. The van der Waals surface area contributed by atoms with Gasteiger partial charge < -0.3 is 9.30 Å². The molecule has 3 aromatic rings. The third kappa shape index (κ3) is 3.37. The van der Waals surface area contributed by atoms with E-state index in [1.807, 2.05) is 37.1 Å². The molecule has 0 unspecified atom stereocenters. The van der Waals surface area contributed by atoms with Crippen LogP contribution >= 0.6 is 0 Å². The van der Waals surface area contributed by atoms with E-state index in [2.05, 4.69) is 45.5 Å². The molecule has 4 heterocycles.